The number of amides is 1. The lowest BCUT2D eigenvalue weighted by atomic mass is 10.1. The second-order valence-corrected chi connectivity index (χ2v) is 5.75. The van der Waals surface area contributed by atoms with E-state index in [1.807, 2.05) is 6.92 Å². The fourth-order valence-corrected chi connectivity index (χ4v) is 2.97. The average Bonchev–Trinajstić information content (AvgIpc) is 3.23. The quantitative estimate of drug-likeness (QED) is 0.894. The summed E-state index contributed by atoms with van der Waals surface area (Å²) in [7, 11) is 1.52. The molecule has 0 aliphatic carbocycles. The zero-order valence-electron chi connectivity index (χ0n) is 13.4. The molecular weight excluding hydrogens is 312 g/mol. The van der Waals surface area contributed by atoms with Gasteiger partial charge in [0.25, 0.3) is 5.91 Å². The number of aliphatic carboxylic acids is 1. The number of ether oxygens (including phenoxy) is 1. The molecule has 8 nitrogen and oxygen atoms in total. The van der Waals surface area contributed by atoms with E-state index in [-0.39, 0.29) is 18.6 Å². The number of likely N-dealkylation sites (tertiary alicyclic amines) is 1. The van der Waals surface area contributed by atoms with Crippen LogP contribution in [-0.4, -0.2) is 62.4 Å². The summed E-state index contributed by atoms with van der Waals surface area (Å²) in [4.78, 5) is 29.4. The van der Waals surface area contributed by atoms with Crippen LogP contribution in [0.5, 0.6) is 0 Å². The Morgan fingerprint density at radius 1 is 1.38 bits per heavy atom. The molecule has 8 heteroatoms. The fourth-order valence-electron chi connectivity index (χ4n) is 2.97. The molecule has 1 saturated heterocycles. The van der Waals surface area contributed by atoms with Crippen molar-refractivity contribution in [3.63, 3.8) is 0 Å². The third-order valence-electron chi connectivity index (χ3n) is 4.25. The first-order valence-electron chi connectivity index (χ1n) is 7.53. The van der Waals surface area contributed by atoms with Crippen LogP contribution in [0.1, 0.15) is 22.3 Å². The standard InChI is InChI=1S/C16H18N4O4/c1-10-5-11(3-4-13(10)20-9-17-8-18-20)15(21)19-7-12(24-2)6-14(19)16(22)23/h3-5,8-9,12,14H,6-7H2,1-2H3,(H,22,23). The van der Waals surface area contributed by atoms with Crippen molar-refractivity contribution < 1.29 is 19.4 Å². The van der Waals surface area contributed by atoms with Gasteiger partial charge in [0, 0.05) is 25.6 Å². The van der Waals surface area contributed by atoms with E-state index in [1.54, 1.807) is 29.2 Å². The molecule has 2 atom stereocenters. The third kappa shape index (κ3) is 2.88. The molecule has 1 N–H and O–H groups in total. The van der Waals surface area contributed by atoms with Crippen LogP contribution in [0.4, 0.5) is 0 Å². The molecule has 2 aromatic rings. The van der Waals surface area contributed by atoms with Crippen LogP contribution in [0.25, 0.3) is 5.69 Å². The van der Waals surface area contributed by atoms with Gasteiger partial charge in [-0.1, -0.05) is 0 Å². The summed E-state index contributed by atoms with van der Waals surface area (Å²) in [5, 5.41) is 13.4. The largest absolute Gasteiger partial charge is 0.480 e. The number of aryl methyl sites for hydroxylation is 1. The molecule has 2 unspecified atom stereocenters. The minimum atomic E-state index is -1.01. The molecule has 1 aliphatic rings. The highest BCUT2D eigenvalue weighted by Gasteiger charge is 2.40. The molecule has 0 radical (unpaired) electrons. The minimum Gasteiger partial charge on any atom is -0.480 e. The highest BCUT2D eigenvalue weighted by atomic mass is 16.5. The maximum atomic E-state index is 12.7. The topological polar surface area (TPSA) is 97.6 Å². The predicted octanol–water partition coefficient (Wildman–Crippen LogP) is 0.890. The molecule has 0 bridgehead atoms. The van der Waals surface area contributed by atoms with Gasteiger partial charge >= 0.3 is 5.97 Å². The zero-order valence-corrected chi connectivity index (χ0v) is 13.4. The van der Waals surface area contributed by atoms with Crippen LogP contribution in [-0.2, 0) is 9.53 Å². The number of hydrogen-bond acceptors (Lipinski definition) is 5. The van der Waals surface area contributed by atoms with Crippen molar-refractivity contribution in [1.82, 2.24) is 19.7 Å². The first-order chi connectivity index (χ1) is 11.5. The Morgan fingerprint density at radius 2 is 2.17 bits per heavy atom. The Labute approximate surface area is 138 Å². The van der Waals surface area contributed by atoms with Crippen LogP contribution >= 0.6 is 0 Å². The normalized spacial score (nSPS) is 20.3. The molecule has 1 aromatic carbocycles. The van der Waals surface area contributed by atoms with E-state index < -0.39 is 12.0 Å². The molecule has 0 spiro atoms. The molecular formula is C16H18N4O4. The maximum Gasteiger partial charge on any atom is 0.326 e. The van der Waals surface area contributed by atoms with E-state index in [4.69, 9.17) is 4.74 Å². The second-order valence-electron chi connectivity index (χ2n) is 5.75. The third-order valence-corrected chi connectivity index (χ3v) is 4.25. The number of carbonyl (C=O) groups is 2. The summed E-state index contributed by atoms with van der Waals surface area (Å²) in [6.07, 6.45) is 3.05. The second kappa shape index (κ2) is 6.40. The summed E-state index contributed by atoms with van der Waals surface area (Å²) >= 11 is 0. The summed E-state index contributed by atoms with van der Waals surface area (Å²) < 4.78 is 6.84. The van der Waals surface area contributed by atoms with Gasteiger partial charge in [-0.05, 0) is 30.7 Å². The van der Waals surface area contributed by atoms with E-state index in [1.165, 1.54) is 18.3 Å². The predicted molar refractivity (Wildman–Crippen MR) is 84.0 cm³/mol. The molecule has 2 heterocycles. The number of methoxy groups -OCH3 is 1. The van der Waals surface area contributed by atoms with Gasteiger partial charge in [0.15, 0.2) is 0 Å². The van der Waals surface area contributed by atoms with Crippen molar-refractivity contribution in [2.75, 3.05) is 13.7 Å². The highest BCUT2D eigenvalue weighted by Crippen LogP contribution is 2.24. The smallest absolute Gasteiger partial charge is 0.326 e. The van der Waals surface area contributed by atoms with Crippen LogP contribution < -0.4 is 0 Å². The molecule has 1 amide bonds. The number of carbonyl (C=O) groups excluding carboxylic acids is 1. The number of rotatable bonds is 4. The van der Waals surface area contributed by atoms with E-state index in [0.29, 0.717) is 12.0 Å². The molecule has 0 saturated carbocycles. The minimum absolute atomic E-state index is 0.259. The van der Waals surface area contributed by atoms with Gasteiger partial charge in [0.2, 0.25) is 0 Å². The van der Waals surface area contributed by atoms with E-state index in [0.717, 1.165) is 11.3 Å². The molecule has 24 heavy (non-hydrogen) atoms. The van der Waals surface area contributed by atoms with Crippen LogP contribution in [0.2, 0.25) is 0 Å². The Balaban J connectivity index is 1.87. The summed E-state index contributed by atoms with van der Waals surface area (Å²) in [6, 6.07) is 4.32. The molecule has 3 rings (SSSR count). The Hall–Kier alpha value is -2.74. The van der Waals surface area contributed by atoms with Crippen molar-refractivity contribution in [1.29, 1.82) is 0 Å². The van der Waals surface area contributed by atoms with Gasteiger partial charge in [-0.15, -0.1) is 0 Å². The summed E-state index contributed by atoms with van der Waals surface area (Å²) in [6.45, 7) is 2.14. The Morgan fingerprint density at radius 3 is 2.75 bits per heavy atom. The van der Waals surface area contributed by atoms with Crippen molar-refractivity contribution in [2.45, 2.75) is 25.5 Å². The van der Waals surface area contributed by atoms with Gasteiger partial charge in [-0.25, -0.2) is 14.5 Å². The average molecular weight is 330 g/mol. The van der Waals surface area contributed by atoms with Gasteiger partial charge in [-0.3, -0.25) is 4.79 Å². The van der Waals surface area contributed by atoms with Crippen molar-refractivity contribution in [3.05, 3.63) is 42.0 Å². The van der Waals surface area contributed by atoms with Gasteiger partial charge in [0.1, 0.15) is 18.7 Å². The zero-order chi connectivity index (χ0) is 17.3. The number of aromatic nitrogens is 3. The SMILES string of the molecule is COC1CC(C(=O)O)N(C(=O)c2ccc(-n3cncn3)c(C)c2)C1. The number of benzene rings is 1. The first kappa shape index (κ1) is 16.1. The van der Waals surface area contributed by atoms with Gasteiger partial charge in [-0.2, -0.15) is 5.10 Å². The number of carboxylic acid groups (broad SMARTS) is 1. The number of hydrogen-bond donors (Lipinski definition) is 1. The molecule has 1 fully saturated rings. The summed E-state index contributed by atoms with van der Waals surface area (Å²) in [5.74, 6) is -1.32. The van der Waals surface area contributed by atoms with Crippen LogP contribution in [0, 0.1) is 6.92 Å². The van der Waals surface area contributed by atoms with Gasteiger partial charge in [0.05, 0.1) is 11.8 Å². The molecule has 1 aliphatic heterocycles. The molecule has 1 aromatic heterocycles. The van der Waals surface area contributed by atoms with Crippen LogP contribution in [0.15, 0.2) is 30.9 Å². The van der Waals surface area contributed by atoms with Crippen LogP contribution in [0.3, 0.4) is 0 Å². The Bertz CT molecular complexity index is 759. The fraction of sp³-hybridized carbons (Fsp3) is 0.375. The first-order valence-corrected chi connectivity index (χ1v) is 7.53. The highest BCUT2D eigenvalue weighted by molar-refractivity contribution is 5.97. The van der Waals surface area contributed by atoms with E-state index >= 15 is 0 Å². The lowest BCUT2D eigenvalue weighted by Gasteiger charge is -2.21. The lowest BCUT2D eigenvalue weighted by Crippen LogP contribution is -2.40. The lowest BCUT2D eigenvalue weighted by molar-refractivity contribution is -0.141. The number of nitrogens with zero attached hydrogens (tertiary/aromatic N) is 4. The van der Waals surface area contributed by atoms with Crippen molar-refractivity contribution >= 4 is 11.9 Å². The number of carboxylic acids is 1. The monoisotopic (exact) mass is 330 g/mol. The van der Waals surface area contributed by atoms with E-state index in [2.05, 4.69) is 10.1 Å². The van der Waals surface area contributed by atoms with Crippen molar-refractivity contribution in [3.8, 4) is 5.69 Å². The van der Waals surface area contributed by atoms with E-state index in [9.17, 15) is 14.7 Å². The Kier molecular flexibility index (Phi) is 4.30. The maximum absolute atomic E-state index is 12.7. The molecule has 126 valence electrons. The van der Waals surface area contributed by atoms with Crippen molar-refractivity contribution in [2.24, 2.45) is 0 Å². The summed E-state index contributed by atoms with van der Waals surface area (Å²) in [5.41, 5.74) is 2.11. The van der Waals surface area contributed by atoms with Gasteiger partial charge < -0.3 is 14.7 Å².